The van der Waals surface area contributed by atoms with E-state index in [1.165, 1.54) is 11.3 Å². The van der Waals surface area contributed by atoms with Crippen LogP contribution in [0.3, 0.4) is 0 Å². The van der Waals surface area contributed by atoms with E-state index in [9.17, 15) is 47.9 Å². The van der Waals surface area contributed by atoms with E-state index in [0.29, 0.717) is 10.4 Å². The van der Waals surface area contributed by atoms with Crippen molar-refractivity contribution in [2.24, 2.45) is 0 Å². The van der Waals surface area contributed by atoms with E-state index in [2.05, 4.69) is 4.18 Å². The largest absolute Gasteiger partial charge is 0.460 e. The van der Waals surface area contributed by atoms with E-state index in [0.717, 1.165) is 24.3 Å². The highest BCUT2D eigenvalue weighted by Crippen LogP contribution is 2.54. The molecular weight excluding hydrogens is 451 g/mol. The zero-order chi connectivity index (χ0) is 21.6. The lowest BCUT2D eigenvalue weighted by molar-refractivity contribution is -0.382. The van der Waals surface area contributed by atoms with Crippen LogP contribution < -0.4 is 4.18 Å². The van der Waals surface area contributed by atoms with Crippen LogP contribution in [0, 0.1) is 0 Å². The third-order valence-corrected chi connectivity index (χ3v) is 5.51. The fourth-order valence-electron chi connectivity index (χ4n) is 1.81. The van der Waals surface area contributed by atoms with Crippen LogP contribution in [0.25, 0.3) is 10.4 Å². The predicted molar refractivity (Wildman–Crippen MR) is 80.2 cm³/mol. The van der Waals surface area contributed by atoms with Crippen LogP contribution in [0.4, 0.5) is 39.5 Å². The van der Waals surface area contributed by atoms with Crippen molar-refractivity contribution in [3.05, 3.63) is 41.8 Å². The molecule has 2 rings (SSSR count). The number of hydrogen-bond acceptors (Lipinski definition) is 4. The van der Waals surface area contributed by atoms with Gasteiger partial charge in [-0.2, -0.15) is 47.9 Å². The average molecular weight is 458 g/mol. The second-order valence-electron chi connectivity index (χ2n) is 5.20. The van der Waals surface area contributed by atoms with Crippen LogP contribution >= 0.6 is 11.3 Å². The Hall–Kier alpha value is -1.96. The Balaban J connectivity index is 2.34. The van der Waals surface area contributed by atoms with Crippen molar-refractivity contribution < 1.29 is 52.1 Å². The highest BCUT2D eigenvalue weighted by Gasteiger charge is 2.86. The molecule has 0 aliphatic carbocycles. The van der Waals surface area contributed by atoms with Gasteiger partial charge in [-0.3, -0.25) is 0 Å². The molecule has 1 aromatic carbocycles. The summed E-state index contributed by atoms with van der Waals surface area (Å²) in [4.78, 5) is 0.649. The van der Waals surface area contributed by atoms with E-state index >= 15 is 0 Å². The molecule has 14 heteroatoms. The highest BCUT2D eigenvalue weighted by atomic mass is 32.2. The van der Waals surface area contributed by atoms with E-state index in [-0.39, 0.29) is 0 Å². The maximum atomic E-state index is 13.6. The fourth-order valence-corrected chi connectivity index (χ4v) is 3.46. The quantitative estimate of drug-likeness (QED) is 0.421. The van der Waals surface area contributed by atoms with Crippen LogP contribution in [-0.2, 0) is 10.1 Å². The molecule has 3 nitrogen and oxygen atoms in total. The van der Waals surface area contributed by atoms with Gasteiger partial charge in [0.1, 0.15) is 5.75 Å². The molecule has 0 spiro atoms. The molecule has 0 fully saturated rings. The maximum Gasteiger partial charge on any atom is 0.460 e. The first kappa shape index (κ1) is 22.3. The molecule has 0 aliphatic heterocycles. The van der Waals surface area contributed by atoms with Crippen molar-refractivity contribution in [1.29, 1.82) is 0 Å². The Morgan fingerprint density at radius 1 is 0.786 bits per heavy atom. The normalized spacial score (nSPS) is 14.2. The van der Waals surface area contributed by atoms with Crippen molar-refractivity contribution in [2.75, 3.05) is 0 Å². The van der Waals surface area contributed by atoms with Gasteiger partial charge in [0.2, 0.25) is 0 Å². The topological polar surface area (TPSA) is 43.4 Å². The van der Waals surface area contributed by atoms with Gasteiger partial charge in [0.15, 0.2) is 0 Å². The number of alkyl halides is 9. The first-order valence-electron chi connectivity index (χ1n) is 6.83. The molecule has 0 bridgehead atoms. The van der Waals surface area contributed by atoms with Crippen molar-refractivity contribution in [3.8, 4) is 16.2 Å². The van der Waals surface area contributed by atoms with E-state index in [1.54, 1.807) is 17.5 Å². The molecule has 2 aromatic rings. The summed E-state index contributed by atoms with van der Waals surface area (Å²) in [5.74, 6) is -15.7. The number of benzene rings is 1. The second kappa shape index (κ2) is 6.83. The number of halogens is 9. The Bertz CT molecular complexity index is 918. The van der Waals surface area contributed by atoms with E-state index < -0.39 is 39.1 Å². The minimum Gasteiger partial charge on any atom is -0.378 e. The van der Waals surface area contributed by atoms with Crippen LogP contribution in [-0.4, -0.2) is 31.7 Å². The molecule has 1 heterocycles. The molecule has 0 saturated heterocycles. The summed E-state index contributed by atoms with van der Waals surface area (Å²) in [5, 5.41) is -5.22. The van der Waals surface area contributed by atoms with Gasteiger partial charge >= 0.3 is 33.4 Å². The number of hydrogen-bond donors (Lipinski definition) is 0. The van der Waals surface area contributed by atoms with E-state index in [1.807, 2.05) is 0 Å². The highest BCUT2D eigenvalue weighted by molar-refractivity contribution is 7.88. The van der Waals surface area contributed by atoms with Crippen LogP contribution in [0.15, 0.2) is 41.8 Å². The van der Waals surface area contributed by atoms with Gasteiger partial charge in [0.05, 0.1) is 0 Å². The van der Waals surface area contributed by atoms with Gasteiger partial charge in [0, 0.05) is 4.88 Å². The van der Waals surface area contributed by atoms with Crippen molar-refractivity contribution in [3.63, 3.8) is 0 Å². The van der Waals surface area contributed by atoms with Gasteiger partial charge in [0.25, 0.3) is 0 Å². The third kappa shape index (κ3) is 3.54. The smallest absolute Gasteiger partial charge is 0.378 e. The van der Waals surface area contributed by atoms with Gasteiger partial charge in [-0.25, -0.2) is 0 Å². The zero-order valence-corrected chi connectivity index (χ0v) is 14.6. The van der Waals surface area contributed by atoms with Crippen LogP contribution in [0.2, 0.25) is 0 Å². The van der Waals surface area contributed by atoms with E-state index in [4.69, 9.17) is 0 Å². The standard InChI is InChI=1S/C14H7F9O3S2/c15-11(16,13(19,20)21)12(17,18)14(22,23)28(24,25)26-9-5-3-8(4-6-9)10-2-1-7-27-10/h1-7H. The molecule has 0 radical (unpaired) electrons. The molecule has 0 saturated carbocycles. The lowest BCUT2D eigenvalue weighted by Gasteiger charge is -2.32. The average Bonchev–Trinajstić information content (AvgIpc) is 3.08. The monoisotopic (exact) mass is 458 g/mol. The molecule has 0 unspecified atom stereocenters. The molecule has 0 aliphatic rings. The van der Waals surface area contributed by atoms with Gasteiger partial charge in [-0.05, 0) is 41.3 Å². The summed E-state index contributed by atoms with van der Waals surface area (Å²) >= 11 is 1.24. The minimum absolute atomic E-state index is 0.445. The summed E-state index contributed by atoms with van der Waals surface area (Å²) in [6, 6.07) is 7.03. The van der Waals surface area contributed by atoms with Crippen molar-refractivity contribution in [1.82, 2.24) is 0 Å². The summed E-state index contributed by atoms with van der Waals surface area (Å²) in [6.07, 6.45) is -7.14. The van der Waals surface area contributed by atoms with Gasteiger partial charge in [-0.15, -0.1) is 11.3 Å². The first-order chi connectivity index (χ1) is 12.5. The first-order valence-corrected chi connectivity index (χ1v) is 9.11. The molecule has 156 valence electrons. The SMILES string of the molecule is O=S(=O)(Oc1ccc(-c2cccs2)cc1)C(F)(F)C(F)(F)C(F)(F)C(F)(F)F. The summed E-state index contributed by atoms with van der Waals surface area (Å²) < 4.78 is 142. The Kier molecular flexibility index (Phi) is 5.44. The zero-order valence-electron chi connectivity index (χ0n) is 13.0. The summed E-state index contributed by atoms with van der Waals surface area (Å²) in [7, 11) is -6.94. The van der Waals surface area contributed by atoms with Gasteiger partial charge < -0.3 is 4.18 Å². The molecule has 28 heavy (non-hydrogen) atoms. The van der Waals surface area contributed by atoms with Crippen molar-refractivity contribution in [2.45, 2.75) is 23.3 Å². The van der Waals surface area contributed by atoms with Crippen LogP contribution in [0.5, 0.6) is 5.75 Å². The van der Waals surface area contributed by atoms with Gasteiger partial charge in [-0.1, -0.05) is 6.07 Å². The Morgan fingerprint density at radius 2 is 1.32 bits per heavy atom. The summed E-state index contributed by atoms with van der Waals surface area (Å²) in [6.45, 7) is 0. The minimum atomic E-state index is -7.34. The lowest BCUT2D eigenvalue weighted by Crippen LogP contribution is -2.63. The molecule has 0 amide bonds. The molecule has 0 atom stereocenters. The predicted octanol–water partition coefficient (Wildman–Crippen LogP) is 5.55. The Labute approximate surface area is 155 Å². The fraction of sp³-hybridized carbons (Fsp3) is 0.286. The van der Waals surface area contributed by atoms with Crippen LogP contribution in [0.1, 0.15) is 0 Å². The third-order valence-electron chi connectivity index (χ3n) is 3.30. The molecule has 1 aromatic heterocycles. The van der Waals surface area contributed by atoms with Crippen molar-refractivity contribution >= 4 is 21.5 Å². The molecular formula is C14H7F9O3S2. The summed E-state index contributed by atoms with van der Waals surface area (Å²) in [5.41, 5.74) is 0.445. The Morgan fingerprint density at radius 3 is 1.75 bits per heavy atom. The number of thiophene rings is 1. The number of rotatable bonds is 6. The maximum absolute atomic E-state index is 13.6. The lowest BCUT2D eigenvalue weighted by atomic mass is 10.1. The second-order valence-corrected chi connectivity index (χ2v) is 7.74. The molecule has 0 N–H and O–H groups in total.